The Bertz CT molecular complexity index is 900. The third kappa shape index (κ3) is 2.82. The van der Waals surface area contributed by atoms with Crippen molar-refractivity contribution in [2.24, 2.45) is 0 Å². The molecule has 22 heavy (non-hydrogen) atoms. The summed E-state index contributed by atoms with van der Waals surface area (Å²) in [6.07, 6.45) is 0. The van der Waals surface area contributed by atoms with Crippen LogP contribution in [0.3, 0.4) is 0 Å². The van der Waals surface area contributed by atoms with E-state index in [1.807, 2.05) is 12.1 Å². The van der Waals surface area contributed by atoms with Crippen LogP contribution in [0.5, 0.6) is 5.75 Å². The molecule has 0 saturated heterocycles. The lowest BCUT2D eigenvalue weighted by molar-refractivity contribution is 0.487. The van der Waals surface area contributed by atoms with Crippen LogP contribution in [0.15, 0.2) is 47.4 Å². The highest BCUT2D eigenvalue weighted by atomic mass is 32.2. The fourth-order valence-corrected chi connectivity index (χ4v) is 3.76. The second-order valence-electron chi connectivity index (χ2n) is 5.15. The molecule has 2 aromatic carbocycles. The van der Waals surface area contributed by atoms with Gasteiger partial charge in [0, 0.05) is 0 Å². The number of fused-ring (bicyclic) bond motifs is 1. The Morgan fingerprint density at radius 2 is 1.77 bits per heavy atom. The normalized spacial score (nSPS) is 12.0. The molecule has 7 heteroatoms. The van der Waals surface area contributed by atoms with Gasteiger partial charge in [0.05, 0.1) is 11.7 Å². The number of benzene rings is 2. The van der Waals surface area contributed by atoms with Crippen LogP contribution in [-0.2, 0) is 10.1 Å². The molecule has 0 aliphatic heterocycles. The Balaban J connectivity index is 1.95. The van der Waals surface area contributed by atoms with Gasteiger partial charge in [0.2, 0.25) is 0 Å². The van der Waals surface area contributed by atoms with Gasteiger partial charge in [-0.1, -0.05) is 32.0 Å². The van der Waals surface area contributed by atoms with E-state index < -0.39 is 10.1 Å². The molecule has 0 aliphatic carbocycles. The lowest BCUT2D eigenvalue weighted by Gasteiger charge is -2.09. The van der Waals surface area contributed by atoms with E-state index in [0.29, 0.717) is 17.0 Å². The Hall–Kier alpha value is -1.99. The minimum absolute atomic E-state index is 0.0340. The number of aromatic nitrogens is 2. The van der Waals surface area contributed by atoms with Gasteiger partial charge in [-0.15, -0.1) is 0 Å². The molecule has 0 radical (unpaired) electrons. The van der Waals surface area contributed by atoms with Crippen molar-refractivity contribution >= 4 is 32.9 Å². The maximum absolute atomic E-state index is 12.4. The maximum atomic E-state index is 12.4. The molecule has 0 amide bonds. The van der Waals surface area contributed by atoms with Crippen molar-refractivity contribution in [1.82, 2.24) is 8.75 Å². The zero-order valence-corrected chi connectivity index (χ0v) is 13.7. The van der Waals surface area contributed by atoms with E-state index in [4.69, 9.17) is 4.18 Å². The average molecular weight is 334 g/mol. The molecule has 114 valence electrons. The molecule has 0 N–H and O–H groups in total. The predicted octanol–water partition coefficient (Wildman–Crippen LogP) is 3.58. The molecule has 3 rings (SSSR count). The maximum Gasteiger partial charge on any atom is 0.341 e. The summed E-state index contributed by atoms with van der Waals surface area (Å²) < 4.78 is 38.2. The molecule has 0 aliphatic rings. The summed E-state index contributed by atoms with van der Waals surface area (Å²) in [6.45, 7) is 4.14. The molecule has 0 fully saturated rings. The van der Waals surface area contributed by atoms with E-state index in [9.17, 15) is 8.42 Å². The number of rotatable bonds is 4. The van der Waals surface area contributed by atoms with Crippen LogP contribution < -0.4 is 4.18 Å². The lowest BCUT2D eigenvalue weighted by atomic mass is 10.0. The van der Waals surface area contributed by atoms with E-state index in [-0.39, 0.29) is 10.6 Å². The van der Waals surface area contributed by atoms with Crippen LogP contribution in [0, 0.1) is 0 Å². The summed E-state index contributed by atoms with van der Waals surface area (Å²) in [7, 11) is -3.94. The fraction of sp³-hybridized carbons (Fsp3) is 0.200. The summed E-state index contributed by atoms with van der Waals surface area (Å²) in [5, 5.41) is 0. The Morgan fingerprint density at radius 1 is 1.05 bits per heavy atom. The monoisotopic (exact) mass is 334 g/mol. The van der Waals surface area contributed by atoms with Crippen molar-refractivity contribution in [2.75, 3.05) is 0 Å². The molecule has 1 aromatic heterocycles. The third-order valence-electron chi connectivity index (χ3n) is 3.27. The van der Waals surface area contributed by atoms with Crippen LogP contribution in [-0.4, -0.2) is 17.2 Å². The van der Waals surface area contributed by atoms with Crippen molar-refractivity contribution in [3.8, 4) is 5.75 Å². The Kier molecular flexibility index (Phi) is 3.84. The van der Waals surface area contributed by atoms with Crippen LogP contribution in [0.2, 0.25) is 0 Å². The largest absolute Gasteiger partial charge is 0.379 e. The third-order valence-corrected chi connectivity index (χ3v) is 5.09. The number of nitrogens with zero attached hydrogens (tertiary/aromatic N) is 2. The van der Waals surface area contributed by atoms with Crippen LogP contribution in [0.25, 0.3) is 11.0 Å². The molecule has 5 nitrogen and oxygen atoms in total. The molecular weight excluding hydrogens is 320 g/mol. The van der Waals surface area contributed by atoms with E-state index in [1.54, 1.807) is 24.3 Å². The van der Waals surface area contributed by atoms with Gasteiger partial charge in [-0.05, 0) is 35.7 Å². The second-order valence-corrected chi connectivity index (χ2v) is 7.19. The molecule has 3 aromatic rings. The first-order valence-corrected chi connectivity index (χ1v) is 8.87. The second kappa shape index (κ2) is 5.66. The zero-order valence-electron chi connectivity index (χ0n) is 12.1. The standard InChI is InChI=1S/C15H14N2O3S2/c1-10(2)11-6-8-12(9-7-11)20-22(18,19)14-5-3-4-13-15(14)17-21-16-13/h3-10H,1-2H3. The Labute approximate surface area is 133 Å². The molecule has 0 spiro atoms. The fourth-order valence-electron chi connectivity index (χ4n) is 2.06. The van der Waals surface area contributed by atoms with Gasteiger partial charge < -0.3 is 4.18 Å². The molecule has 0 unspecified atom stereocenters. The van der Waals surface area contributed by atoms with Gasteiger partial charge in [-0.3, -0.25) is 0 Å². The topological polar surface area (TPSA) is 69.2 Å². The highest BCUT2D eigenvalue weighted by Gasteiger charge is 2.21. The minimum Gasteiger partial charge on any atom is -0.379 e. The van der Waals surface area contributed by atoms with Gasteiger partial charge in [0.15, 0.2) is 0 Å². The van der Waals surface area contributed by atoms with Crippen molar-refractivity contribution < 1.29 is 12.6 Å². The van der Waals surface area contributed by atoms with Crippen molar-refractivity contribution in [3.63, 3.8) is 0 Å². The first kappa shape index (κ1) is 14.9. The van der Waals surface area contributed by atoms with E-state index in [0.717, 1.165) is 17.3 Å². The van der Waals surface area contributed by atoms with Crippen LogP contribution >= 0.6 is 11.7 Å². The average Bonchev–Trinajstić information content (AvgIpc) is 2.95. The Morgan fingerprint density at radius 3 is 2.45 bits per heavy atom. The lowest BCUT2D eigenvalue weighted by Crippen LogP contribution is -2.10. The smallest absolute Gasteiger partial charge is 0.341 e. The SMILES string of the molecule is CC(C)c1ccc(OS(=O)(=O)c2cccc3nsnc23)cc1. The molecule has 0 atom stereocenters. The van der Waals surface area contributed by atoms with Crippen LogP contribution in [0.1, 0.15) is 25.3 Å². The quantitative estimate of drug-likeness (QED) is 0.682. The molecule has 0 bridgehead atoms. The van der Waals surface area contributed by atoms with Crippen molar-refractivity contribution in [3.05, 3.63) is 48.0 Å². The van der Waals surface area contributed by atoms with E-state index in [2.05, 4.69) is 22.6 Å². The highest BCUT2D eigenvalue weighted by Crippen LogP contribution is 2.26. The van der Waals surface area contributed by atoms with Gasteiger partial charge in [0.25, 0.3) is 0 Å². The van der Waals surface area contributed by atoms with Crippen LogP contribution in [0.4, 0.5) is 0 Å². The van der Waals surface area contributed by atoms with E-state index >= 15 is 0 Å². The summed E-state index contributed by atoms with van der Waals surface area (Å²) in [6, 6.07) is 11.9. The predicted molar refractivity (Wildman–Crippen MR) is 85.8 cm³/mol. The summed E-state index contributed by atoms with van der Waals surface area (Å²) in [5.41, 5.74) is 2.01. The van der Waals surface area contributed by atoms with Crippen molar-refractivity contribution in [2.45, 2.75) is 24.7 Å². The van der Waals surface area contributed by atoms with Gasteiger partial charge in [0.1, 0.15) is 21.7 Å². The molecular formula is C15H14N2O3S2. The van der Waals surface area contributed by atoms with Gasteiger partial charge in [-0.25, -0.2) is 0 Å². The zero-order chi connectivity index (χ0) is 15.7. The number of hydrogen-bond donors (Lipinski definition) is 0. The minimum atomic E-state index is -3.94. The summed E-state index contributed by atoms with van der Waals surface area (Å²) >= 11 is 0.975. The number of hydrogen-bond acceptors (Lipinski definition) is 6. The van der Waals surface area contributed by atoms with Gasteiger partial charge >= 0.3 is 10.1 Å². The van der Waals surface area contributed by atoms with E-state index in [1.165, 1.54) is 6.07 Å². The van der Waals surface area contributed by atoms with Gasteiger partial charge in [-0.2, -0.15) is 17.2 Å². The first-order chi connectivity index (χ1) is 10.5. The summed E-state index contributed by atoms with van der Waals surface area (Å²) in [4.78, 5) is 0.0340. The highest BCUT2D eigenvalue weighted by molar-refractivity contribution is 7.87. The summed E-state index contributed by atoms with van der Waals surface area (Å²) in [5.74, 6) is 0.657. The molecule has 0 saturated carbocycles. The molecule has 1 heterocycles. The van der Waals surface area contributed by atoms with Crippen molar-refractivity contribution in [1.29, 1.82) is 0 Å². The first-order valence-electron chi connectivity index (χ1n) is 6.73.